The molecule has 0 saturated heterocycles. The Kier molecular flexibility index (Phi) is 2.58. The summed E-state index contributed by atoms with van der Waals surface area (Å²) in [5.74, 6) is -0.434. The molecule has 0 amide bonds. The topological polar surface area (TPSA) is 47.2 Å². The monoisotopic (exact) mass is 238 g/mol. The van der Waals surface area contributed by atoms with E-state index < -0.39 is 11.4 Å². The summed E-state index contributed by atoms with van der Waals surface area (Å²) in [6.07, 6.45) is 0. The van der Waals surface area contributed by atoms with Crippen LogP contribution in [0.1, 0.15) is 13.8 Å². The first-order valence-corrected chi connectivity index (χ1v) is 5.37. The zero-order chi connectivity index (χ0) is 12.8. The molecule has 2 aromatic rings. The Morgan fingerprint density at radius 1 is 1.41 bits per heavy atom. The lowest BCUT2D eigenvalue weighted by molar-refractivity contribution is 0.0615. The Balaban J connectivity index is 2.77. The number of hydrogen-bond acceptors (Lipinski definition) is 2. The maximum absolute atomic E-state index is 13.6. The van der Waals surface area contributed by atoms with Gasteiger partial charge in [0.15, 0.2) is 0 Å². The van der Waals surface area contributed by atoms with Gasteiger partial charge in [-0.15, -0.1) is 0 Å². The van der Waals surface area contributed by atoms with E-state index in [4.69, 9.17) is 0 Å². The molecular formula is C12H15FN2O2. The molecule has 0 saturated carbocycles. The van der Waals surface area contributed by atoms with Gasteiger partial charge in [-0.1, -0.05) is 6.07 Å². The zero-order valence-corrected chi connectivity index (χ0v) is 10.1. The predicted octanol–water partition coefficient (Wildman–Crippen LogP) is 1.25. The lowest BCUT2D eigenvalue weighted by Gasteiger charge is -2.17. The van der Waals surface area contributed by atoms with Gasteiger partial charge in [-0.05, 0) is 26.0 Å². The van der Waals surface area contributed by atoms with Crippen LogP contribution >= 0.6 is 0 Å². The molecule has 0 aliphatic heterocycles. The van der Waals surface area contributed by atoms with Crippen LogP contribution in [0.15, 0.2) is 23.0 Å². The van der Waals surface area contributed by atoms with Gasteiger partial charge in [-0.25, -0.2) is 9.18 Å². The van der Waals surface area contributed by atoms with Crippen molar-refractivity contribution in [2.24, 2.45) is 7.05 Å². The van der Waals surface area contributed by atoms with Gasteiger partial charge in [0, 0.05) is 7.05 Å². The fraction of sp³-hybridized carbons (Fsp3) is 0.417. The average molecular weight is 238 g/mol. The predicted molar refractivity (Wildman–Crippen MR) is 63.4 cm³/mol. The largest absolute Gasteiger partial charge is 0.389 e. The van der Waals surface area contributed by atoms with Crippen molar-refractivity contribution in [1.29, 1.82) is 0 Å². The fourth-order valence-corrected chi connectivity index (χ4v) is 1.97. The molecular weight excluding hydrogens is 223 g/mol. The van der Waals surface area contributed by atoms with E-state index in [9.17, 15) is 14.3 Å². The molecule has 0 radical (unpaired) electrons. The standard InChI is InChI=1S/C12H15FN2O2/c1-12(2,17)7-15-9-6-4-5-8(13)10(9)14(3)11(15)16/h4-6,17H,7H2,1-3H3. The number of nitrogens with zero attached hydrogens (tertiary/aromatic N) is 2. The maximum atomic E-state index is 13.6. The molecule has 1 N–H and O–H groups in total. The van der Waals surface area contributed by atoms with Crippen LogP contribution < -0.4 is 5.69 Å². The summed E-state index contributed by atoms with van der Waals surface area (Å²) in [5.41, 5.74) is -0.585. The van der Waals surface area contributed by atoms with Gasteiger partial charge < -0.3 is 5.11 Å². The number of hydrogen-bond donors (Lipinski definition) is 1. The van der Waals surface area contributed by atoms with Crippen molar-refractivity contribution >= 4 is 11.0 Å². The van der Waals surface area contributed by atoms with Crippen LogP contribution in [0.5, 0.6) is 0 Å². The Hall–Kier alpha value is -1.62. The quantitative estimate of drug-likeness (QED) is 0.856. The van der Waals surface area contributed by atoms with Crippen LogP contribution in [0, 0.1) is 5.82 Å². The van der Waals surface area contributed by atoms with Crippen molar-refractivity contribution in [3.63, 3.8) is 0 Å². The summed E-state index contributed by atoms with van der Waals surface area (Å²) in [6, 6.07) is 4.54. The normalized spacial score (nSPS) is 12.3. The van der Waals surface area contributed by atoms with Gasteiger partial charge in [-0.3, -0.25) is 9.13 Å². The van der Waals surface area contributed by atoms with E-state index in [0.29, 0.717) is 5.52 Å². The van der Waals surface area contributed by atoms with Gasteiger partial charge in [0.2, 0.25) is 0 Å². The summed E-state index contributed by atoms with van der Waals surface area (Å²) in [6.45, 7) is 3.35. The van der Waals surface area contributed by atoms with Gasteiger partial charge >= 0.3 is 5.69 Å². The Morgan fingerprint density at radius 2 is 2.06 bits per heavy atom. The lowest BCUT2D eigenvalue weighted by Crippen LogP contribution is -2.33. The maximum Gasteiger partial charge on any atom is 0.329 e. The van der Waals surface area contributed by atoms with E-state index in [1.807, 2.05) is 0 Å². The summed E-state index contributed by atoms with van der Waals surface area (Å²) < 4.78 is 16.3. The van der Waals surface area contributed by atoms with Gasteiger partial charge in [0.05, 0.1) is 17.7 Å². The number of rotatable bonds is 2. The first-order chi connectivity index (χ1) is 7.81. The summed E-state index contributed by atoms with van der Waals surface area (Å²) in [5, 5.41) is 9.77. The SMILES string of the molecule is Cn1c(=O)n(CC(C)(C)O)c2cccc(F)c21. The smallest absolute Gasteiger partial charge is 0.329 e. The molecule has 0 spiro atoms. The first-order valence-electron chi connectivity index (χ1n) is 5.37. The van der Waals surface area contributed by atoms with Crippen LogP contribution in [0.2, 0.25) is 0 Å². The third-order valence-corrected chi connectivity index (χ3v) is 2.65. The van der Waals surface area contributed by atoms with Gasteiger partial charge in [-0.2, -0.15) is 0 Å². The Labute approximate surface area is 97.9 Å². The molecule has 1 aromatic heterocycles. The second-order valence-corrected chi connectivity index (χ2v) is 4.85. The van der Waals surface area contributed by atoms with Crippen molar-refractivity contribution in [3.8, 4) is 0 Å². The number of para-hydroxylation sites is 1. The molecule has 17 heavy (non-hydrogen) atoms. The minimum atomic E-state index is -1.02. The fourth-order valence-electron chi connectivity index (χ4n) is 1.97. The van der Waals surface area contributed by atoms with E-state index in [1.54, 1.807) is 26.0 Å². The molecule has 2 rings (SSSR count). The Bertz CT molecular complexity index is 620. The summed E-state index contributed by atoms with van der Waals surface area (Å²) >= 11 is 0. The minimum Gasteiger partial charge on any atom is -0.389 e. The molecule has 1 aromatic carbocycles. The molecule has 0 bridgehead atoms. The van der Waals surface area contributed by atoms with E-state index in [2.05, 4.69) is 0 Å². The van der Waals surface area contributed by atoms with E-state index >= 15 is 0 Å². The van der Waals surface area contributed by atoms with Crippen LogP contribution in [0.3, 0.4) is 0 Å². The van der Waals surface area contributed by atoms with Crippen LogP contribution in [-0.2, 0) is 13.6 Å². The Morgan fingerprint density at radius 3 is 2.65 bits per heavy atom. The number of benzene rings is 1. The highest BCUT2D eigenvalue weighted by atomic mass is 19.1. The molecule has 1 heterocycles. The number of fused-ring (bicyclic) bond motifs is 1. The van der Waals surface area contributed by atoms with Crippen LogP contribution in [0.4, 0.5) is 4.39 Å². The van der Waals surface area contributed by atoms with Crippen LogP contribution in [-0.4, -0.2) is 19.8 Å². The first kappa shape index (κ1) is 11.9. The molecule has 0 atom stereocenters. The molecule has 4 nitrogen and oxygen atoms in total. The third-order valence-electron chi connectivity index (χ3n) is 2.65. The summed E-state index contributed by atoms with van der Waals surface area (Å²) in [4.78, 5) is 12.0. The minimum absolute atomic E-state index is 0.132. The van der Waals surface area contributed by atoms with E-state index in [0.717, 1.165) is 0 Å². The van der Waals surface area contributed by atoms with Crippen molar-refractivity contribution in [1.82, 2.24) is 9.13 Å². The number of aryl methyl sites for hydroxylation is 1. The molecule has 0 aliphatic carbocycles. The van der Waals surface area contributed by atoms with Crippen molar-refractivity contribution in [2.75, 3.05) is 0 Å². The molecule has 0 unspecified atom stereocenters. The summed E-state index contributed by atoms with van der Waals surface area (Å²) in [7, 11) is 1.52. The highest BCUT2D eigenvalue weighted by Gasteiger charge is 2.20. The molecule has 92 valence electrons. The number of imidazole rings is 1. The second-order valence-electron chi connectivity index (χ2n) is 4.85. The van der Waals surface area contributed by atoms with Crippen molar-refractivity contribution in [2.45, 2.75) is 26.0 Å². The number of aromatic nitrogens is 2. The molecule has 0 fully saturated rings. The third kappa shape index (κ3) is 1.98. The number of halogens is 1. The van der Waals surface area contributed by atoms with Gasteiger partial charge in [0.25, 0.3) is 0 Å². The lowest BCUT2D eigenvalue weighted by atomic mass is 10.1. The van der Waals surface area contributed by atoms with E-state index in [1.165, 1.54) is 22.2 Å². The zero-order valence-electron chi connectivity index (χ0n) is 10.1. The second kappa shape index (κ2) is 3.70. The molecule has 5 heteroatoms. The molecule has 0 aliphatic rings. The van der Waals surface area contributed by atoms with Crippen molar-refractivity contribution in [3.05, 3.63) is 34.5 Å². The van der Waals surface area contributed by atoms with Gasteiger partial charge in [0.1, 0.15) is 11.3 Å². The number of aliphatic hydroxyl groups is 1. The van der Waals surface area contributed by atoms with Crippen LogP contribution in [0.25, 0.3) is 11.0 Å². The average Bonchev–Trinajstić information content (AvgIpc) is 2.43. The van der Waals surface area contributed by atoms with Crippen molar-refractivity contribution < 1.29 is 9.50 Å². The van der Waals surface area contributed by atoms with E-state index in [-0.39, 0.29) is 17.8 Å². The highest BCUT2D eigenvalue weighted by molar-refractivity contribution is 5.76. The highest BCUT2D eigenvalue weighted by Crippen LogP contribution is 2.17.